The highest BCUT2D eigenvalue weighted by Crippen LogP contribution is 2.23. The molecular formula is C20H18N6O2S. The molecule has 8 nitrogen and oxygen atoms in total. The van der Waals surface area contributed by atoms with E-state index < -0.39 is 10.0 Å². The Labute approximate surface area is 168 Å². The Morgan fingerprint density at radius 2 is 1.55 bits per heavy atom. The fourth-order valence-electron chi connectivity index (χ4n) is 2.80. The van der Waals surface area contributed by atoms with E-state index in [0.717, 1.165) is 16.6 Å². The maximum atomic E-state index is 12.0. The minimum atomic E-state index is -3.52. The summed E-state index contributed by atoms with van der Waals surface area (Å²) in [6, 6.07) is 18.0. The van der Waals surface area contributed by atoms with E-state index in [-0.39, 0.29) is 4.90 Å². The zero-order chi connectivity index (χ0) is 20.3. The van der Waals surface area contributed by atoms with Gasteiger partial charge in [-0.25, -0.2) is 23.1 Å². The van der Waals surface area contributed by atoms with Crippen LogP contribution in [0.1, 0.15) is 0 Å². The molecule has 0 saturated heterocycles. The van der Waals surface area contributed by atoms with Crippen molar-refractivity contribution in [3.63, 3.8) is 0 Å². The molecule has 0 radical (unpaired) electrons. The molecule has 0 saturated carbocycles. The van der Waals surface area contributed by atoms with Crippen molar-refractivity contribution >= 4 is 43.9 Å². The van der Waals surface area contributed by atoms with Crippen LogP contribution in [0.2, 0.25) is 0 Å². The van der Waals surface area contributed by atoms with Crippen molar-refractivity contribution in [3.05, 3.63) is 73.2 Å². The number of nitrogens with one attached hydrogen (secondary N) is 3. The summed E-state index contributed by atoms with van der Waals surface area (Å²) in [5.74, 6) is 1.13. The summed E-state index contributed by atoms with van der Waals surface area (Å²) >= 11 is 0. The van der Waals surface area contributed by atoms with E-state index in [9.17, 15) is 8.42 Å². The maximum absolute atomic E-state index is 12.0. The first-order valence-electron chi connectivity index (χ1n) is 8.78. The average Bonchev–Trinajstić information content (AvgIpc) is 2.74. The van der Waals surface area contributed by atoms with Crippen molar-refractivity contribution in [2.45, 2.75) is 4.90 Å². The molecule has 4 rings (SSSR count). The molecule has 146 valence electrons. The lowest BCUT2D eigenvalue weighted by molar-refractivity contribution is 0.588. The first-order valence-corrected chi connectivity index (χ1v) is 10.3. The van der Waals surface area contributed by atoms with E-state index >= 15 is 0 Å². The number of anilines is 4. The Morgan fingerprint density at radius 3 is 2.31 bits per heavy atom. The fourth-order valence-corrected chi connectivity index (χ4v) is 3.58. The largest absolute Gasteiger partial charge is 0.340 e. The normalized spacial score (nSPS) is 11.3. The molecule has 29 heavy (non-hydrogen) atoms. The van der Waals surface area contributed by atoms with Gasteiger partial charge in [-0.05, 0) is 49.5 Å². The SMILES string of the molecule is CNS(=O)(=O)c1cccc(Nc2cc(Nc3ccc4ncccc4c3)ncn2)c1. The summed E-state index contributed by atoms with van der Waals surface area (Å²) in [4.78, 5) is 12.9. The number of aromatic nitrogens is 3. The van der Waals surface area contributed by atoms with Crippen LogP contribution in [-0.2, 0) is 10.0 Å². The summed E-state index contributed by atoms with van der Waals surface area (Å²) in [6.45, 7) is 0. The van der Waals surface area contributed by atoms with Gasteiger partial charge in [-0.3, -0.25) is 4.98 Å². The number of sulfonamides is 1. The zero-order valence-electron chi connectivity index (χ0n) is 15.5. The van der Waals surface area contributed by atoms with Crippen LogP contribution >= 0.6 is 0 Å². The quantitative estimate of drug-likeness (QED) is 0.450. The minimum Gasteiger partial charge on any atom is -0.340 e. The maximum Gasteiger partial charge on any atom is 0.240 e. The number of rotatable bonds is 6. The van der Waals surface area contributed by atoms with Crippen LogP contribution in [0.5, 0.6) is 0 Å². The van der Waals surface area contributed by atoms with Crippen LogP contribution in [0.3, 0.4) is 0 Å². The van der Waals surface area contributed by atoms with E-state index in [1.54, 1.807) is 24.4 Å². The van der Waals surface area contributed by atoms with Gasteiger partial charge in [-0.15, -0.1) is 0 Å². The molecule has 4 aromatic rings. The van der Waals surface area contributed by atoms with Gasteiger partial charge in [-0.2, -0.15) is 0 Å². The highest BCUT2D eigenvalue weighted by atomic mass is 32.2. The molecule has 3 N–H and O–H groups in total. The third kappa shape index (κ3) is 4.31. The van der Waals surface area contributed by atoms with E-state index in [4.69, 9.17) is 0 Å². The third-order valence-corrected chi connectivity index (χ3v) is 5.64. The van der Waals surface area contributed by atoms with Crippen LogP contribution in [-0.4, -0.2) is 30.4 Å². The Kier molecular flexibility index (Phi) is 5.07. The molecule has 2 aromatic heterocycles. The second-order valence-electron chi connectivity index (χ2n) is 6.18. The zero-order valence-corrected chi connectivity index (χ0v) is 16.3. The smallest absolute Gasteiger partial charge is 0.240 e. The van der Waals surface area contributed by atoms with Crippen molar-refractivity contribution in [2.24, 2.45) is 0 Å². The molecule has 0 atom stereocenters. The van der Waals surface area contributed by atoms with Crippen LogP contribution in [0.25, 0.3) is 10.9 Å². The van der Waals surface area contributed by atoms with E-state index in [0.29, 0.717) is 17.3 Å². The van der Waals surface area contributed by atoms with Crippen molar-refractivity contribution in [1.82, 2.24) is 19.7 Å². The highest BCUT2D eigenvalue weighted by molar-refractivity contribution is 7.89. The minimum absolute atomic E-state index is 0.169. The average molecular weight is 406 g/mol. The van der Waals surface area contributed by atoms with Crippen LogP contribution < -0.4 is 15.4 Å². The standard InChI is InChI=1S/C20H18N6O2S/c1-21-29(27,28)17-6-2-5-15(11-17)25-19-12-20(24-13-23-19)26-16-7-8-18-14(10-16)4-3-9-22-18/h2-13,21H,1H3,(H2,23,24,25,26). The van der Waals surface area contributed by atoms with Gasteiger partial charge in [0.25, 0.3) is 0 Å². The summed E-state index contributed by atoms with van der Waals surface area (Å²) in [5, 5.41) is 7.37. The summed E-state index contributed by atoms with van der Waals surface area (Å²) < 4.78 is 26.3. The van der Waals surface area contributed by atoms with E-state index in [2.05, 4.69) is 30.3 Å². The molecular weight excluding hydrogens is 388 g/mol. The lowest BCUT2D eigenvalue weighted by Gasteiger charge is -2.10. The lowest BCUT2D eigenvalue weighted by Crippen LogP contribution is -2.18. The molecule has 2 aromatic carbocycles. The number of hydrogen-bond donors (Lipinski definition) is 3. The van der Waals surface area contributed by atoms with Crippen molar-refractivity contribution in [2.75, 3.05) is 17.7 Å². The van der Waals surface area contributed by atoms with Gasteiger partial charge < -0.3 is 10.6 Å². The van der Waals surface area contributed by atoms with Gasteiger partial charge in [0.05, 0.1) is 10.4 Å². The topological polar surface area (TPSA) is 109 Å². The van der Waals surface area contributed by atoms with Gasteiger partial charge in [0.1, 0.15) is 18.0 Å². The van der Waals surface area contributed by atoms with Crippen molar-refractivity contribution in [3.8, 4) is 0 Å². The molecule has 2 heterocycles. The second kappa shape index (κ2) is 7.82. The summed E-state index contributed by atoms with van der Waals surface area (Å²) in [7, 11) is -2.14. The van der Waals surface area contributed by atoms with Crippen LogP contribution in [0.4, 0.5) is 23.0 Å². The van der Waals surface area contributed by atoms with Crippen LogP contribution in [0, 0.1) is 0 Å². The molecule has 0 spiro atoms. The monoisotopic (exact) mass is 406 g/mol. The molecule has 0 bridgehead atoms. The number of nitrogens with zero attached hydrogens (tertiary/aromatic N) is 3. The van der Waals surface area contributed by atoms with Gasteiger partial charge >= 0.3 is 0 Å². The van der Waals surface area contributed by atoms with Gasteiger partial charge in [0, 0.05) is 29.0 Å². The Hall–Kier alpha value is -3.56. The van der Waals surface area contributed by atoms with Gasteiger partial charge in [0.2, 0.25) is 10.0 Å². The predicted molar refractivity (Wildman–Crippen MR) is 113 cm³/mol. The summed E-state index contributed by atoms with van der Waals surface area (Å²) in [6.07, 6.45) is 3.19. The summed E-state index contributed by atoms with van der Waals surface area (Å²) in [5.41, 5.74) is 2.39. The molecule has 0 fully saturated rings. The molecule has 9 heteroatoms. The molecule has 0 aliphatic carbocycles. The van der Waals surface area contributed by atoms with Crippen LogP contribution in [0.15, 0.2) is 78.1 Å². The lowest BCUT2D eigenvalue weighted by atomic mass is 10.2. The number of hydrogen-bond acceptors (Lipinski definition) is 7. The Morgan fingerprint density at radius 1 is 0.793 bits per heavy atom. The Bertz CT molecular complexity index is 1280. The molecule has 0 unspecified atom stereocenters. The first-order chi connectivity index (χ1) is 14.0. The predicted octanol–water partition coefficient (Wildman–Crippen LogP) is 3.42. The number of benzene rings is 2. The first kappa shape index (κ1) is 18.8. The van der Waals surface area contributed by atoms with Gasteiger partial charge in [0.15, 0.2) is 0 Å². The Balaban J connectivity index is 1.55. The molecule has 0 aliphatic rings. The van der Waals surface area contributed by atoms with Crippen molar-refractivity contribution in [1.29, 1.82) is 0 Å². The third-order valence-electron chi connectivity index (χ3n) is 4.23. The van der Waals surface area contributed by atoms with Gasteiger partial charge in [-0.1, -0.05) is 12.1 Å². The van der Waals surface area contributed by atoms with E-state index in [1.165, 1.54) is 25.5 Å². The second-order valence-corrected chi connectivity index (χ2v) is 8.07. The highest BCUT2D eigenvalue weighted by Gasteiger charge is 2.11. The number of pyridine rings is 1. The molecule has 0 amide bonds. The van der Waals surface area contributed by atoms with E-state index in [1.807, 2.05) is 30.3 Å². The van der Waals surface area contributed by atoms with Crippen molar-refractivity contribution < 1.29 is 8.42 Å². The number of fused-ring (bicyclic) bond motifs is 1. The molecule has 0 aliphatic heterocycles. The fraction of sp³-hybridized carbons (Fsp3) is 0.0500.